The van der Waals surface area contributed by atoms with Gasteiger partial charge in [0, 0.05) is 11.8 Å². The Hall–Kier alpha value is -2.02. The average Bonchev–Trinajstić information content (AvgIpc) is 3.05. The topological polar surface area (TPSA) is 73.8 Å². The molecule has 114 valence electrons. The fourth-order valence-electron chi connectivity index (χ4n) is 3.04. The molecule has 6 nitrogen and oxygen atoms in total. The van der Waals surface area contributed by atoms with Crippen molar-refractivity contribution in [3.8, 4) is 0 Å². The van der Waals surface area contributed by atoms with Gasteiger partial charge in [-0.1, -0.05) is 12.1 Å². The highest BCUT2D eigenvalue weighted by Crippen LogP contribution is 2.35. The number of rotatable bonds is 2. The molecule has 1 aliphatic rings. The van der Waals surface area contributed by atoms with Gasteiger partial charge in [0.2, 0.25) is 5.89 Å². The van der Waals surface area contributed by atoms with Gasteiger partial charge in [0.25, 0.3) is 5.56 Å². The summed E-state index contributed by atoms with van der Waals surface area (Å²) in [6, 6.07) is 0. The average molecular weight is 316 g/mol. The van der Waals surface area contributed by atoms with Crippen molar-refractivity contribution in [2.45, 2.75) is 39.7 Å². The number of fused-ring (bicyclic) bond motifs is 3. The lowest BCUT2D eigenvalue weighted by Crippen LogP contribution is -2.22. The molecule has 0 amide bonds. The fourth-order valence-corrected chi connectivity index (χ4v) is 4.38. The summed E-state index contributed by atoms with van der Waals surface area (Å²) in [4.78, 5) is 23.6. The van der Waals surface area contributed by atoms with Crippen LogP contribution in [-0.2, 0) is 19.4 Å². The van der Waals surface area contributed by atoms with E-state index < -0.39 is 0 Å². The van der Waals surface area contributed by atoms with Crippen LogP contribution in [0.4, 0.5) is 0 Å². The molecule has 3 aromatic rings. The first-order chi connectivity index (χ1) is 10.6. The fraction of sp³-hybridized carbons (Fsp3) is 0.467. The first-order valence-corrected chi connectivity index (χ1v) is 8.22. The van der Waals surface area contributed by atoms with Crippen LogP contribution in [0.15, 0.2) is 15.6 Å². The van der Waals surface area contributed by atoms with E-state index in [9.17, 15) is 4.79 Å². The minimum atomic E-state index is -0.000457. The number of aryl methyl sites for hydroxylation is 2. The van der Waals surface area contributed by atoms with Crippen molar-refractivity contribution in [3.63, 3.8) is 0 Å². The Bertz CT molecular complexity index is 908. The predicted molar refractivity (Wildman–Crippen MR) is 83.2 cm³/mol. The van der Waals surface area contributed by atoms with E-state index in [2.05, 4.69) is 22.0 Å². The second-order valence-electron chi connectivity index (χ2n) is 5.94. The summed E-state index contributed by atoms with van der Waals surface area (Å²) < 4.78 is 6.52. The van der Waals surface area contributed by atoms with Gasteiger partial charge < -0.3 is 4.52 Å². The first kappa shape index (κ1) is 13.6. The van der Waals surface area contributed by atoms with Gasteiger partial charge in [-0.05, 0) is 30.7 Å². The summed E-state index contributed by atoms with van der Waals surface area (Å²) in [5.74, 6) is 1.68. The zero-order valence-corrected chi connectivity index (χ0v) is 13.3. The zero-order valence-electron chi connectivity index (χ0n) is 12.5. The van der Waals surface area contributed by atoms with Crippen LogP contribution in [0.1, 0.15) is 35.5 Å². The number of hydrogen-bond donors (Lipinski definition) is 0. The van der Waals surface area contributed by atoms with Crippen LogP contribution in [-0.4, -0.2) is 19.7 Å². The Morgan fingerprint density at radius 2 is 2.36 bits per heavy atom. The van der Waals surface area contributed by atoms with E-state index in [0.29, 0.717) is 24.2 Å². The molecule has 3 heterocycles. The van der Waals surface area contributed by atoms with E-state index >= 15 is 0 Å². The molecule has 0 saturated carbocycles. The molecule has 3 aromatic heterocycles. The SMILES string of the molecule is Cc1nc(Cn2cnc3sc4c(c3c2=O)CC[C@@H](C)C4)no1. The van der Waals surface area contributed by atoms with E-state index in [1.54, 1.807) is 29.2 Å². The van der Waals surface area contributed by atoms with Crippen LogP contribution in [0.3, 0.4) is 0 Å². The van der Waals surface area contributed by atoms with Crippen molar-refractivity contribution < 1.29 is 4.52 Å². The number of aromatic nitrogens is 4. The van der Waals surface area contributed by atoms with Crippen molar-refractivity contribution in [3.05, 3.63) is 38.8 Å². The van der Waals surface area contributed by atoms with E-state index in [-0.39, 0.29) is 5.56 Å². The predicted octanol–water partition coefficient (Wildman–Crippen LogP) is 2.32. The molecular weight excluding hydrogens is 300 g/mol. The maximum atomic E-state index is 12.8. The molecule has 0 unspecified atom stereocenters. The smallest absolute Gasteiger partial charge is 0.262 e. The van der Waals surface area contributed by atoms with Gasteiger partial charge in [-0.15, -0.1) is 11.3 Å². The van der Waals surface area contributed by atoms with Gasteiger partial charge in [-0.2, -0.15) is 4.98 Å². The van der Waals surface area contributed by atoms with Crippen molar-refractivity contribution >= 4 is 21.6 Å². The van der Waals surface area contributed by atoms with Gasteiger partial charge in [0.05, 0.1) is 18.3 Å². The molecule has 0 radical (unpaired) electrons. The Kier molecular flexibility index (Phi) is 3.11. The Balaban J connectivity index is 1.81. The van der Waals surface area contributed by atoms with Crippen molar-refractivity contribution in [1.29, 1.82) is 0 Å². The third-order valence-electron chi connectivity index (χ3n) is 4.16. The van der Waals surface area contributed by atoms with Crippen LogP contribution in [0.2, 0.25) is 0 Å². The third-order valence-corrected chi connectivity index (χ3v) is 5.33. The number of thiophene rings is 1. The lowest BCUT2D eigenvalue weighted by atomic mass is 9.89. The summed E-state index contributed by atoms with van der Waals surface area (Å²) >= 11 is 1.66. The molecule has 4 rings (SSSR count). The largest absolute Gasteiger partial charge is 0.340 e. The summed E-state index contributed by atoms with van der Waals surface area (Å²) in [7, 11) is 0. The molecule has 0 aromatic carbocycles. The van der Waals surface area contributed by atoms with Crippen molar-refractivity contribution in [2.24, 2.45) is 5.92 Å². The minimum Gasteiger partial charge on any atom is -0.340 e. The molecular formula is C15H16N4O2S. The molecule has 0 fully saturated rings. The van der Waals surface area contributed by atoms with Crippen LogP contribution >= 0.6 is 11.3 Å². The molecule has 0 bridgehead atoms. The maximum Gasteiger partial charge on any atom is 0.262 e. The molecule has 1 atom stereocenters. The maximum absolute atomic E-state index is 12.8. The second kappa shape index (κ2) is 5.01. The molecule has 0 N–H and O–H groups in total. The van der Waals surface area contributed by atoms with Gasteiger partial charge in [0.15, 0.2) is 5.82 Å². The van der Waals surface area contributed by atoms with Gasteiger partial charge in [-0.25, -0.2) is 4.98 Å². The molecule has 0 saturated heterocycles. The monoisotopic (exact) mass is 316 g/mol. The summed E-state index contributed by atoms with van der Waals surface area (Å²) in [5.41, 5.74) is 1.20. The molecule has 0 aliphatic heterocycles. The van der Waals surface area contributed by atoms with Crippen LogP contribution in [0.25, 0.3) is 10.2 Å². The minimum absolute atomic E-state index is 0.000457. The quantitative estimate of drug-likeness (QED) is 0.725. The van der Waals surface area contributed by atoms with Gasteiger partial charge in [0.1, 0.15) is 4.83 Å². The van der Waals surface area contributed by atoms with Crippen molar-refractivity contribution in [1.82, 2.24) is 19.7 Å². The second-order valence-corrected chi connectivity index (χ2v) is 7.02. The van der Waals surface area contributed by atoms with E-state index in [1.165, 1.54) is 10.4 Å². The molecule has 0 spiro atoms. The zero-order chi connectivity index (χ0) is 15.3. The number of hydrogen-bond acceptors (Lipinski definition) is 6. The highest BCUT2D eigenvalue weighted by molar-refractivity contribution is 7.18. The van der Waals surface area contributed by atoms with Crippen molar-refractivity contribution in [2.75, 3.05) is 0 Å². The molecule has 22 heavy (non-hydrogen) atoms. The Morgan fingerprint density at radius 3 is 3.14 bits per heavy atom. The van der Waals surface area contributed by atoms with Crippen LogP contribution in [0.5, 0.6) is 0 Å². The van der Waals surface area contributed by atoms with E-state index in [0.717, 1.165) is 29.5 Å². The summed E-state index contributed by atoms with van der Waals surface area (Å²) in [6.07, 6.45) is 4.75. The molecule has 1 aliphatic carbocycles. The molecule has 7 heteroatoms. The van der Waals surface area contributed by atoms with E-state index in [4.69, 9.17) is 4.52 Å². The van der Waals surface area contributed by atoms with E-state index in [1.807, 2.05) is 0 Å². The van der Waals surface area contributed by atoms with Gasteiger partial charge >= 0.3 is 0 Å². The Labute approximate surface area is 130 Å². The lowest BCUT2D eigenvalue weighted by molar-refractivity contribution is 0.386. The van der Waals surface area contributed by atoms with Crippen LogP contribution < -0.4 is 5.56 Å². The lowest BCUT2D eigenvalue weighted by Gasteiger charge is -2.17. The van der Waals surface area contributed by atoms with Gasteiger partial charge in [-0.3, -0.25) is 9.36 Å². The normalized spacial score (nSPS) is 17.8. The van der Waals surface area contributed by atoms with Crippen LogP contribution in [0, 0.1) is 12.8 Å². The Morgan fingerprint density at radius 1 is 1.50 bits per heavy atom. The number of nitrogens with zero attached hydrogens (tertiary/aromatic N) is 4. The highest BCUT2D eigenvalue weighted by Gasteiger charge is 2.23. The first-order valence-electron chi connectivity index (χ1n) is 7.40. The standard InChI is InChI=1S/C15H16N4O2S/c1-8-3-4-10-11(5-8)22-14-13(10)15(20)19(7-16-14)6-12-17-9(2)21-18-12/h7-8H,3-6H2,1-2H3/t8-/m1/s1. The summed E-state index contributed by atoms with van der Waals surface area (Å²) in [5, 5.41) is 4.63. The summed E-state index contributed by atoms with van der Waals surface area (Å²) in [6.45, 7) is 4.29. The third kappa shape index (κ3) is 2.16. The highest BCUT2D eigenvalue weighted by atomic mass is 32.1.